The number of urea groups is 1. The van der Waals surface area contributed by atoms with E-state index in [1.807, 2.05) is 6.07 Å². The van der Waals surface area contributed by atoms with Crippen LogP contribution in [0.2, 0.25) is 5.02 Å². The van der Waals surface area contributed by atoms with Crippen LogP contribution in [0.15, 0.2) is 60.8 Å². The summed E-state index contributed by atoms with van der Waals surface area (Å²) in [7, 11) is 0. The monoisotopic (exact) mass is 457 g/mol. The lowest BCUT2D eigenvalue weighted by atomic mass is 10.0. The zero-order chi connectivity index (χ0) is 23.3. The zero-order valence-electron chi connectivity index (χ0n) is 18.0. The number of carbonyl (C=O) groups excluding carboxylic acids is 1. The molecule has 0 aliphatic rings. The Labute approximate surface area is 191 Å². The molecule has 32 heavy (non-hydrogen) atoms. The van der Waals surface area contributed by atoms with Crippen LogP contribution in [0, 0.1) is 5.82 Å². The topological polar surface area (TPSA) is 90.4 Å². The van der Waals surface area contributed by atoms with Crippen molar-refractivity contribution in [3.8, 4) is 0 Å². The number of halogens is 2. The minimum absolute atomic E-state index is 0.239. The molecule has 3 rings (SSSR count). The van der Waals surface area contributed by atoms with E-state index in [4.69, 9.17) is 11.6 Å². The Kier molecular flexibility index (Phi) is 7.27. The quantitative estimate of drug-likeness (QED) is 0.470. The van der Waals surface area contributed by atoms with E-state index >= 15 is 0 Å². The fraction of sp³-hybridized carbons (Fsp3) is 0.261. The van der Waals surface area contributed by atoms with Gasteiger partial charge in [-0.15, -0.1) is 0 Å². The molecule has 2 amide bonds. The molecular weight excluding hydrogens is 433 g/mol. The normalized spacial score (nSPS) is 12.2. The van der Waals surface area contributed by atoms with E-state index in [0.717, 1.165) is 5.56 Å². The van der Waals surface area contributed by atoms with Crippen LogP contribution in [-0.4, -0.2) is 32.7 Å². The largest absolute Gasteiger partial charge is 0.388 e. The third-order valence-electron chi connectivity index (χ3n) is 4.90. The van der Waals surface area contributed by atoms with Gasteiger partial charge in [0.2, 0.25) is 5.95 Å². The Morgan fingerprint density at radius 3 is 2.59 bits per heavy atom. The van der Waals surface area contributed by atoms with E-state index in [2.05, 4.69) is 20.6 Å². The van der Waals surface area contributed by atoms with Crippen molar-refractivity contribution < 1.29 is 14.3 Å². The molecule has 1 aromatic heterocycles. The summed E-state index contributed by atoms with van der Waals surface area (Å²) in [4.78, 5) is 23.1. The fourth-order valence-electron chi connectivity index (χ4n) is 2.76. The van der Waals surface area contributed by atoms with Crippen molar-refractivity contribution in [2.75, 3.05) is 10.2 Å². The van der Waals surface area contributed by atoms with Crippen LogP contribution in [0.25, 0.3) is 0 Å². The van der Waals surface area contributed by atoms with Crippen LogP contribution in [0.1, 0.15) is 26.3 Å². The van der Waals surface area contributed by atoms with Gasteiger partial charge in [0.15, 0.2) is 0 Å². The summed E-state index contributed by atoms with van der Waals surface area (Å²) in [5.74, 6) is 0.101. The molecule has 168 valence electrons. The number of benzene rings is 2. The van der Waals surface area contributed by atoms with Gasteiger partial charge in [-0.2, -0.15) is 4.98 Å². The lowest BCUT2D eigenvalue weighted by molar-refractivity contribution is 0.0646. The standard InChI is InChI=1S/C23H25ClFN5O2/c1-15(23(2,3)32)28-21-26-12-11-20(29-21)30(19-9-7-18(25)8-10-19)22(31)27-14-16-5-4-6-17(24)13-16/h4-13,15,32H,14H2,1-3H3,(H,27,31)(H,26,28,29)/t15-/m0/s1. The Bertz CT molecular complexity index is 1070. The molecule has 1 atom stereocenters. The minimum atomic E-state index is -1.01. The highest BCUT2D eigenvalue weighted by atomic mass is 35.5. The second-order valence-electron chi connectivity index (χ2n) is 7.86. The number of aliphatic hydroxyl groups is 1. The van der Waals surface area contributed by atoms with Crippen LogP contribution in [0.3, 0.4) is 0 Å². The van der Waals surface area contributed by atoms with E-state index in [1.54, 1.807) is 45.0 Å². The highest BCUT2D eigenvalue weighted by Crippen LogP contribution is 2.25. The molecule has 0 spiro atoms. The van der Waals surface area contributed by atoms with Crippen molar-refractivity contribution >= 4 is 35.1 Å². The molecule has 0 radical (unpaired) electrons. The highest BCUT2D eigenvalue weighted by Gasteiger charge is 2.24. The molecule has 3 N–H and O–H groups in total. The average Bonchev–Trinajstić information content (AvgIpc) is 2.73. The van der Waals surface area contributed by atoms with E-state index in [-0.39, 0.29) is 24.4 Å². The van der Waals surface area contributed by atoms with Crippen molar-refractivity contribution in [2.45, 2.75) is 39.0 Å². The number of carbonyl (C=O) groups is 1. The first-order valence-corrected chi connectivity index (χ1v) is 10.4. The zero-order valence-corrected chi connectivity index (χ0v) is 18.8. The molecule has 9 heteroatoms. The fourth-order valence-corrected chi connectivity index (χ4v) is 2.97. The second kappa shape index (κ2) is 9.93. The molecule has 2 aromatic carbocycles. The molecule has 0 bridgehead atoms. The van der Waals surface area contributed by atoms with E-state index in [9.17, 15) is 14.3 Å². The molecule has 0 saturated heterocycles. The molecule has 3 aromatic rings. The van der Waals surface area contributed by atoms with Crippen molar-refractivity contribution in [2.24, 2.45) is 0 Å². The molecule has 0 saturated carbocycles. The van der Waals surface area contributed by atoms with Gasteiger partial charge >= 0.3 is 6.03 Å². The lowest BCUT2D eigenvalue weighted by Gasteiger charge is -2.27. The van der Waals surface area contributed by atoms with Gasteiger partial charge in [-0.05, 0) is 62.7 Å². The lowest BCUT2D eigenvalue weighted by Crippen LogP contribution is -2.40. The maximum atomic E-state index is 13.5. The Morgan fingerprint density at radius 1 is 1.22 bits per heavy atom. The molecule has 7 nitrogen and oxygen atoms in total. The number of hydrogen-bond acceptors (Lipinski definition) is 5. The third-order valence-corrected chi connectivity index (χ3v) is 5.13. The predicted molar refractivity (Wildman–Crippen MR) is 124 cm³/mol. The summed E-state index contributed by atoms with van der Waals surface area (Å²) in [6, 6.07) is 13.4. The maximum absolute atomic E-state index is 13.5. The summed E-state index contributed by atoms with van der Waals surface area (Å²) < 4.78 is 13.5. The van der Waals surface area contributed by atoms with Crippen LogP contribution in [0.5, 0.6) is 0 Å². The second-order valence-corrected chi connectivity index (χ2v) is 8.30. The Morgan fingerprint density at radius 2 is 1.94 bits per heavy atom. The van der Waals surface area contributed by atoms with Crippen molar-refractivity contribution in [1.82, 2.24) is 15.3 Å². The van der Waals surface area contributed by atoms with Gasteiger partial charge in [-0.1, -0.05) is 23.7 Å². The molecule has 0 aliphatic heterocycles. The number of anilines is 3. The summed E-state index contributed by atoms with van der Waals surface area (Å²) in [5.41, 5.74) is 0.244. The summed E-state index contributed by atoms with van der Waals surface area (Å²) in [6.45, 7) is 5.37. The van der Waals surface area contributed by atoms with Gasteiger partial charge in [0.25, 0.3) is 0 Å². The Balaban J connectivity index is 1.88. The molecule has 1 heterocycles. The van der Waals surface area contributed by atoms with E-state index in [0.29, 0.717) is 10.7 Å². The van der Waals surface area contributed by atoms with Gasteiger partial charge in [-0.3, -0.25) is 0 Å². The predicted octanol–water partition coefficient (Wildman–Crippen LogP) is 4.89. The molecule has 0 fully saturated rings. The van der Waals surface area contributed by atoms with Crippen LogP contribution >= 0.6 is 11.6 Å². The number of rotatable bonds is 7. The average molecular weight is 458 g/mol. The third kappa shape index (κ3) is 6.15. The van der Waals surface area contributed by atoms with E-state index in [1.165, 1.54) is 35.4 Å². The first-order chi connectivity index (χ1) is 15.1. The van der Waals surface area contributed by atoms with Crippen LogP contribution in [0.4, 0.5) is 26.6 Å². The minimum Gasteiger partial charge on any atom is -0.388 e. The first-order valence-electron chi connectivity index (χ1n) is 10.0. The van der Waals surface area contributed by atoms with Gasteiger partial charge in [0, 0.05) is 23.8 Å². The highest BCUT2D eigenvalue weighted by molar-refractivity contribution is 6.30. The van der Waals surface area contributed by atoms with Gasteiger partial charge in [-0.25, -0.2) is 19.1 Å². The smallest absolute Gasteiger partial charge is 0.327 e. The number of nitrogens with zero attached hydrogens (tertiary/aromatic N) is 3. The van der Waals surface area contributed by atoms with Gasteiger partial charge < -0.3 is 15.7 Å². The maximum Gasteiger partial charge on any atom is 0.327 e. The van der Waals surface area contributed by atoms with Crippen molar-refractivity contribution in [1.29, 1.82) is 0 Å². The number of aromatic nitrogens is 2. The van der Waals surface area contributed by atoms with Crippen molar-refractivity contribution in [3.63, 3.8) is 0 Å². The first kappa shape index (κ1) is 23.4. The Hall–Kier alpha value is -3.23. The van der Waals surface area contributed by atoms with Crippen LogP contribution in [-0.2, 0) is 6.54 Å². The number of hydrogen-bond donors (Lipinski definition) is 3. The van der Waals surface area contributed by atoms with Gasteiger partial charge in [0.1, 0.15) is 11.6 Å². The SMILES string of the molecule is C[C@H](Nc1nccc(N(C(=O)NCc2cccc(Cl)c2)c2ccc(F)cc2)n1)C(C)(C)O. The number of amides is 2. The van der Waals surface area contributed by atoms with Crippen molar-refractivity contribution in [3.05, 3.63) is 77.2 Å². The summed E-state index contributed by atoms with van der Waals surface area (Å²) in [5, 5.41) is 16.6. The summed E-state index contributed by atoms with van der Waals surface area (Å²) >= 11 is 6.02. The summed E-state index contributed by atoms with van der Waals surface area (Å²) in [6.07, 6.45) is 1.50. The molecule has 0 aliphatic carbocycles. The van der Waals surface area contributed by atoms with Gasteiger partial charge in [0.05, 0.1) is 17.3 Å². The molecular formula is C23H25ClFN5O2. The molecule has 0 unspecified atom stereocenters. The number of nitrogens with one attached hydrogen (secondary N) is 2. The van der Waals surface area contributed by atoms with E-state index < -0.39 is 17.4 Å². The van der Waals surface area contributed by atoms with Crippen LogP contribution < -0.4 is 15.5 Å².